The van der Waals surface area contributed by atoms with Gasteiger partial charge in [0.25, 0.3) is 0 Å². The first-order chi connectivity index (χ1) is 12.3. The van der Waals surface area contributed by atoms with E-state index in [4.69, 9.17) is 0 Å². The summed E-state index contributed by atoms with van der Waals surface area (Å²) in [6.45, 7) is 20.6. The van der Waals surface area contributed by atoms with E-state index in [2.05, 4.69) is 58.2 Å². The summed E-state index contributed by atoms with van der Waals surface area (Å²) in [4.78, 5) is 23.2. The maximum absolute atomic E-state index is 11.8. The first-order valence-corrected chi connectivity index (χ1v) is 10.2. The van der Waals surface area contributed by atoms with E-state index >= 15 is 0 Å². The second kappa shape index (κ2) is 11.8. The standard InChI is InChI=1S/C12H16NO.C12H23O.Y/c1-2-5-13-12(14)8-11-7-9-3-4-10(11)6-9;1-9(8-11(2,3)4)10(13)12(5,6)7;/h3-4,7,9-10H,1-2,5-6,8H2,(H,13,14);9H,1,8H2,2-7H3;/q2*-1;. The predicted octanol–water partition coefficient (Wildman–Crippen LogP) is 5.33. The number of nitrogens with one attached hydrogen (secondary N) is 1. The van der Waals surface area contributed by atoms with Crippen molar-refractivity contribution in [2.24, 2.45) is 28.6 Å². The van der Waals surface area contributed by atoms with Crippen LogP contribution in [0.4, 0.5) is 0 Å². The molecule has 2 rings (SSSR count). The van der Waals surface area contributed by atoms with Gasteiger partial charge in [-0.3, -0.25) is 4.79 Å². The normalized spacial score (nSPS) is 21.2. The summed E-state index contributed by atoms with van der Waals surface area (Å²) in [5.41, 5.74) is 1.24. The third-order valence-corrected chi connectivity index (χ3v) is 4.85. The first-order valence-electron chi connectivity index (χ1n) is 10.2. The van der Waals surface area contributed by atoms with Gasteiger partial charge in [-0.05, 0) is 30.2 Å². The quantitative estimate of drug-likeness (QED) is 0.428. The van der Waals surface area contributed by atoms with E-state index in [0.717, 1.165) is 12.8 Å². The van der Waals surface area contributed by atoms with Crippen LogP contribution in [-0.4, -0.2) is 18.2 Å². The molecular formula is C24H39NO2Y-2. The summed E-state index contributed by atoms with van der Waals surface area (Å²) in [6, 6.07) is 0. The van der Waals surface area contributed by atoms with E-state index < -0.39 is 0 Å². The van der Waals surface area contributed by atoms with Crippen molar-refractivity contribution in [3.8, 4) is 0 Å². The van der Waals surface area contributed by atoms with Crippen LogP contribution in [0.5, 0.6) is 0 Å². The molecule has 0 aromatic carbocycles. The monoisotopic (exact) mass is 462 g/mol. The van der Waals surface area contributed by atoms with Gasteiger partial charge in [0.1, 0.15) is 5.78 Å². The van der Waals surface area contributed by atoms with Crippen LogP contribution in [0, 0.1) is 42.4 Å². The van der Waals surface area contributed by atoms with Gasteiger partial charge in [0.05, 0.1) is 0 Å². The molecule has 0 aromatic heterocycles. The number of allylic oxidation sites excluding steroid dienone is 3. The van der Waals surface area contributed by atoms with Gasteiger partial charge in [-0.15, -0.1) is 5.92 Å². The van der Waals surface area contributed by atoms with Crippen LogP contribution < -0.4 is 5.32 Å². The third-order valence-electron chi connectivity index (χ3n) is 4.85. The molecule has 0 spiro atoms. The van der Waals surface area contributed by atoms with E-state index in [0.29, 0.717) is 24.8 Å². The smallest absolute Gasteiger partial charge is 0.224 e. The number of carbonyl (C=O) groups is 2. The van der Waals surface area contributed by atoms with Crippen LogP contribution in [0.2, 0.25) is 0 Å². The van der Waals surface area contributed by atoms with Crippen molar-refractivity contribution < 1.29 is 42.3 Å². The number of fused-ring (bicyclic) bond motifs is 2. The summed E-state index contributed by atoms with van der Waals surface area (Å²) in [5.74, 6) is 1.49. The van der Waals surface area contributed by atoms with Crippen LogP contribution in [0.25, 0.3) is 0 Å². The SMILES string of the molecule is [CH2-]C(CC(C)(C)C)C(=O)C(C)(C)C.[CH2-]CCNC(=O)CC1=CC2C=CC1C2.[Y]. The molecule has 0 saturated carbocycles. The molecule has 1 amide bonds. The number of hydrogen-bond donors (Lipinski definition) is 1. The number of hydrogen-bond acceptors (Lipinski definition) is 2. The zero-order valence-corrected chi connectivity index (χ0v) is 21.6. The fourth-order valence-corrected chi connectivity index (χ4v) is 3.63. The zero-order chi connectivity index (χ0) is 20.8. The Morgan fingerprint density at radius 3 is 2.18 bits per heavy atom. The Morgan fingerprint density at radius 1 is 1.18 bits per heavy atom. The fourth-order valence-electron chi connectivity index (χ4n) is 3.63. The predicted molar refractivity (Wildman–Crippen MR) is 114 cm³/mol. The Labute approximate surface area is 198 Å². The minimum absolute atomic E-state index is 0. The molecule has 0 aliphatic heterocycles. The Hall–Kier alpha value is -0.276. The number of carbonyl (C=O) groups excluding carboxylic acids is 2. The summed E-state index contributed by atoms with van der Waals surface area (Å²) in [5, 5.41) is 2.85. The summed E-state index contributed by atoms with van der Waals surface area (Å²) in [7, 11) is 0. The maximum Gasteiger partial charge on any atom is 0.224 e. The molecule has 28 heavy (non-hydrogen) atoms. The number of amides is 1. The molecule has 2 aliphatic rings. The molecule has 3 atom stereocenters. The molecular weight excluding hydrogens is 423 g/mol. The summed E-state index contributed by atoms with van der Waals surface area (Å²) >= 11 is 0. The summed E-state index contributed by atoms with van der Waals surface area (Å²) < 4.78 is 0. The van der Waals surface area contributed by atoms with Gasteiger partial charge >= 0.3 is 0 Å². The second-order valence-electron chi connectivity index (χ2n) is 10.1. The molecule has 157 valence electrons. The van der Waals surface area contributed by atoms with Crippen molar-refractivity contribution in [3.05, 3.63) is 37.6 Å². The molecule has 3 unspecified atom stereocenters. The molecule has 0 saturated heterocycles. The van der Waals surface area contributed by atoms with Crippen LogP contribution in [0.1, 0.15) is 67.2 Å². The molecule has 1 radical (unpaired) electrons. The van der Waals surface area contributed by atoms with Gasteiger partial charge in [-0.1, -0.05) is 71.8 Å². The van der Waals surface area contributed by atoms with Crippen molar-refractivity contribution in [2.75, 3.05) is 6.54 Å². The summed E-state index contributed by atoms with van der Waals surface area (Å²) in [6.07, 6.45) is 10.1. The minimum Gasteiger partial charge on any atom is -0.358 e. The van der Waals surface area contributed by atoms with E-state index in [-0.39, 0.29) is 61.1 Å². The van der Waals surface area contributed by atoms with Crippen LogP contribution in [0.15, 0.2) is 23.8 Å². The Bertz CT molecular complexity index is 578. The first kappa shape index (κ1) is 27.7. The van der Waals surface area contributed by atoms with Gasteiger partial charge in [0, 0.05) is 44.5 Å². The number of rotatable bonds is 6. The van der Waals surface area contributed by atoms with Crippen LogP contribution in [0.3, 0.4) is 0 Å². The average molecular weight is 462 g/mol. The maximum atomic E-state index is 11.8. The molecule has 0 heterocycles. The van der Waals surface area contributed by atoms with Crippen LogP contribution >= 0.6 is 0 Å². The second-order valence-corrected chi connectivity index (χ2v) is 10.1. The fraction of sp³-hybridized carbons (Fsp3) is 0.667. The Kier molecular flexibility index (Phi) is 11.7. The van der Waals surface area contributed by atoms with E-state index in [1.807, 2.05) is 20.8 Å². The number of ketones is 1. The van der Waals surface area contributed by atoms with Gasteiger partial charge in [0.15, 0.2) is 0 Å². The molecule has 0 fully saturated rings. The molecule has 2 aliphatic carbocycles. The van der Waals surface area contributed by atoms with Gasteiger partial charge in [-0.2, -0.15) is 6.42 Å². The Balaban J connectivity index is 0.000000505. The van der Waals surface area contributed by atoms with Crippen molar-refractivity contribution >= 4 is 11.7 Å². The Morgan fingerprint density at radius 2 is 1.79 bits per heavy atom. The van der Waals surface area contributed by atoms with Crippen molar-refractivity contribution in [2.45, 2.75) is 67.2 Å². The van der Waals surface area contributed by atoms with Gasteiger partial charge in [-0.25, -0.2) is 0 Å². The van der Waals surface area contributed by atoms with Gasteiger partial charge < -0.3 is 24.0 Å². The van der Waals surface area contributed by atoms with Gasteiger partial charge in [0.2, 0.25) is 5.91 Å². The van der Waals surface area contributed by atoms with E-state index in [1.165, 1.54) is 12.0 Å². The minimum atomic E-state index is -0.252. The molecule has 4 heteroatoms. The molecule has 3 nitrogen and oxygen atoms in total. The molecule has 1 N–H and O–H groups in total. The largest absolute Gasteiger partial charge is 0.358 e. The number of Topliss-reactive ketones (excluding diaryl/α,β-unsaturated/α-hetero) is 1. The van der Waals surface area contributed by atoms with Crippen molar-refractivity contribution in [3.63, 3.8) is 0 Å². The topological polar surface area (TPSA) is 46.2 Å². The van der Waals surface area contributed by atoms with E-state index in [9.17, 15) is 9.59 Å². The van der Waals surface area contributed by atoms with Crippen LogP contribution in [-0.2, 0) is 42.3 Å². The van der Waals surface area contributed by atoms with Crippen molar-refractivity contribution in [1.82, 2.24) is 5.32 Å². The molecule has 2 bridgehead atoms. The van der Waals surface area contributed by atoms with E-state index in [1.54, 1.807) is 0 Å². The average Bonchev–Trinajstić information content (AvgIpc) is 3.13. The van der Waals surface area contributed by atoms with Crippen molar-refractivity contribution in [1.29, 1.82) is 0 Å². The zero-order valence-electron chi connectivity index (χ0n) is 18.8. The molecule has 0 aromatic rings. The third kappa shape index (κ3) is 9.96.